The molecule has 2 heterocycles. The molecule has 0 bridgehead atoms. The Balaban J connectivity index is 1.67. The third-order valence-corrected chi connectivity index (χ3v) is 6.50. The molecule has 0 spiro atoms. The van der Waals surface area contributed by atoms with E-state index in [4.69, 9.17) is 0 Å². The molecule has 0 aliphatic carbocycles. The highest BCUT2D eigenvalue weighted by Gasteiger charge is 2.23. The van der Waals surface area contributed by atoms with Crippen molar-refractivity contribution in [3.05, 3.63) is 82.3 Å². The predicted octanol–water partition coefficient (Wildman–Crippen LogP) is 3.55. The minimum absolute atomic E-state index is 0.159. The van der Waals surface area contributed by atoms with Crippen LogP contribution in [-0.4, -0.2) is 30.1 Å². The van der Waals surface area contributed by atoms with Crippen LogP contribution < -0.4 is 5.32 Å². The number of thiophene rings is 1. The summed E-state index contributed by atoms with van der Waals surface area (Å²) in [7, 11) is -3.64. The minimum Gasteiger partial charge on any atom is -0.343 e. The molecule has 154 valence electrons. The standard InChI is InChI=1S/C21H18FN3O3S2/c1-30(27,28)21-23-16-5-2-3-6-17(16)25(21)13-19(26)24-20(18-7-4-12-29-18)14-8-10-15(22)11-9-14/h2-12,20H,13H2,1H3,(H,24,26). The van der Waals surface area contributed by atoms with E-state index in [9.17, 15) is 17.6 Å². The lowest BCUT2D eigenvalue weighted by Gasteiger charge is -2.19. The van der Waals surface area contributed by atoms with E-state index >= 15 is 0 Å². The first-order chi connectivity index (χ1) is 14.3. The van der Waals surface area contributed by atoms with Crippen molar-refractivity contribution in [3.8, 4) is 0 Å². The number of nitrogens with one attached hydrogen (secondary N) is 1. The average Bonchev–Trinajstić information content (AvgIpc) is 3.35. The van der Waals surface area contributed by atoms with Crippen LogP contribution in [-0.2, 0) is 21.2 Å². The molecule has 1 atom stereocenters. The number of halogens is 1. The van der Waals surface area contributed by atoms with Crippen molar-refractivity contribution in [1.82, 2.24) is 14.9 Å². The van der Waals surface area contributed by atoms with Gasteiger partial charge in [0.2, 0.25) is 20.9 Å². The molecular weight excluding hydrogens is 425 g/mol. The molecule has 1 N–H and O–H groups in total. The second-order valence-corrected chi connectivity index (χ2v) is 9.70. The summed E-state index contributed by atoms with van der Waals surface area (Å²) in [6, 6.07) is 16.1. The van der Waals surface area contributed by atoms with Gasteiger partial charge in [-0.2, -0.15) is 0 Å². The second kappa shape index (κ2) is 8.00. The van der Waals surface area contributed by atoms with Crippen molar-refractivity contribution < 1.29 is 17.6 Å². The number of hydrogen-bond donors (Lipinski definition) is 1. The molecule has 30 heavy (non-hydrogen) atoms. The Morgan fingerprint density at radius 1 is 1.13 bits per heavy atom. The Morgan fingerprint density at radius 3 is 2.53 bits per heavy atom. The van der Waals surface area contributed by atoms with Crippen molar-refractivity contribution in [1.29, 1.82) is 0 Å². The maximum absolute atomic E-state index is 13.4. The normalized spacial score (nSPS) is 12.7. The molecule has 9 heteroatoms. The van der Waals surface area contributed by atoms with Crippen LogP contribution in [0, 0.1) is 5.82 Å². The van der Waals surface area contributed by atoms with Crippen molar-refractivity contribution in [2.45, 2.75) is 17.7 Å². The van der Waals surface area contributed by atoms with Crippen molar-refractivity contribution in [3.63, 3.8) is 0 Å². The topological polar surface area (TPSA) is 81.1 Å². The van der Waals surface area contributed by atoms with Gasteiger partial charge in [0.25, 0.3) is 0 Å². The van der Waals surface area contributed by atoms with Crippen LogP contribution in [0.5, 0.6) is 0 Å². The van der Waals surface area contributed by atoms with Gasteiger partial charge in [0.1, 0.15) is 12.4 Å². The number of fused-ring (bicyclic) bond motifs is 1. The molecule has 2 aromatic carbocycles. The Morgan fingerprint density at radius 2 is 1.87 bits per heavy atom. The lowest BCUT2D eigenvalue weighted by molar-refractivity contribution is -0.122. The average molecular weight is 444 g/mol. The number of hydrogen-bond acceptors (Lipinski definition) is 5. The summed E-state index contributed by atoms with van der Waals surface area (Å²) < 4.78 is 39.2. The second-order valence-electron chi connectivity index (χ2n) is 6.81. The highest BCUT2D eigenvalue weighted by Crippen LogP contribution is 2.27. The summed E-state index contributed by atoms with van der Waals surface area (Å²) in [6.07, 6.45) is 1.07. The van der Waals surface area contributed by atoms with E-state index in [1.165, 1.54) is 28.0 Å². The van der Waals surface area contributed by atoms with Crippen LogP contribution in [0.25, 0.3) is 11.0 Å². The first kappa shape index (κ1) is 20.2. The van der Waals surface area contributed by atoms with Crippen LogP contribution >= 0.6 is 11.3 Å². The summed E-state index contributed by atoms with van der Waals surface area (Å²) in [5.74, 6) is -0.747. The zero-order valence-electron chi connectivity index (χ0n) is 15.9. The zero-order valence-corrected chi connectivity index (χ0v) is 17.6. The minimum atomic E-state index is -3.64. The van der Waals surface area contributed by atoms with Crippen molar-refractivity contribution in [2.24, 2.45) is 0 Å². The Kier molecular flexibility index (Phi) is 5.40. The maximum atomic E-state index is 13.4. The molecule has 0 fully saturated rings. The van der Waals surface area contributed by atoms with Gasteiger partial charge < -0.3 is 9.88 Å². The van der Waals surface area contributed by atoms with Crippen LogP contribution in [0.1, 0.15) is 16.5 Å². The number of sulfone groups is 1. The molecule has 1 unspecified atom stereocenters. The van der Waals surface area contributed by atoms with E-state index in [0.29, 0.717) is 11.0 Å². The summed E-state index contributed by atoms with van der Waals surface area (Å²) in [5, 5.41) is 4.68. The Labute approximate surface area is 176 Å². The molecule has 0 aliphatic rings. The van der Waals surface area contributed by atoms with Gasteiger partial charge in [-0.25, -0.2) is 17.8 Å². The SMILES string of the molecule is CS(=O)(=O)c1nc2ccccc2n1CC(=O)NC(c1ccc(F)cc1)c1cccs1. The number of aromatic nitrogens is 2. The van der Waals surface area contributed by atoms with Crippen LogP contribution in [0.2, 0.25) is 0 Å². The summed E-state index contributed by atoms with van der Waals surface area (Å²) in [5.41, 5.74) is 1.78. The number of rotatable bonds is 6. The molecule has 2 aromatic heterocycles. The monoisotopic (exact) mass is 443 g/mol. The van der Waals surface area contributed by atoms with E-state index < -0.39 is 15.9 Å². The van der Waals surface area contributed by atoms with E-state index in [-0.39, 0.29) is 23.4 Å². The third-order valence-electron chi connectivity index (χ3n) is 4.59. The number of imidazole rings is 1. The molecule has 0 saturated carbocycles. The number of carbonyl (C=O) groups is 1. The van der Waals surface area contributed by atoms with E-state index in [2.05, 4.69) is 10.3 Å². The smallest absolute Gasteiger partial charge is 0.240 e. The van der Waals surface area contributed by atoms with Gasteiger partial charge in [0, 0.05) is 11.1 Å². The van der Waals surface area contributed by atoms with Crippen molar-refractivity contribution >= 4 is 38.1 Å². The predicted molar refractivity (Wildman–Crippen MR) is 114 cm³/mol. The van der Waals surface area contributed by atoms with Gasteiger partial charge in [-0.15, -0.1) is 11.3 Å². The Hall–Kier alpha value is -3.04. The largest absolute Gasteiger partial charge is 0.343 e. The molecule has 4 rings (SSSR count). The van der Waals surface area contributed by atoms with E-state index in [1.54, 1.807) is 36.4 Å². The fourth-order valence-corrected chi connectivity index (χ4v) is 4.90. The summed E-state index contributed by atoms with van der Waals surface area (Å²) in [6.45, 7) is -0.216. The molecular formula is C21H18FN3O3S2. The highest BCUT2D eigenvalue weighted by atomic mass is 32.2. The lowest BCUT2D eigenvalue weighted by Crippen LogP contribution is -2.32. The van der Waals surface area contributed by atoms with Crippen LogP contribution in [0.4, 0.5) is 4.39 Å². The molecule has 4 aromatic rings. The van der Waals surface area contributed by atoms with Gasteiger partial charge >= 0.3 is 0 Å². The van der Waals surface area contributed by atoms with E-state index in [0.717, 1.165) is 16.7 Å². The number of nitrogens with zero attached hydrogens (tertiary/aromatic N) is 2. The Bertz CT molecular complexity index is 1300. The molecule has 6 nitrogen and oxygen atoms in total. The van der Waals surface area contributed by atoms with Crippen LogP contribution in [0.3, 0.4) is 0 Å². The molecule has 0 radical (unpaired) electrons. The van der Waals surface area contributed by atoms with E-state index in [1.807, 2.05) is 17.5 Å². The molecule has 1 amide bonds. The maximum Gasteiger partial charge on any atom is 0.240 e. The molecule has 0 aliphatic heterocycles. The van der Waals surface area contributed by atoms with Gasteiger partial charge in [0.05, 0.1) is 17.1 Å². The fourth-order valence-electron chi connectivity index (χ4n) is 3.27. The number of carbonyl (C=O) groups excluding carboxylic acids is 1. The van der Waals surface area contributed by atoms with Gasteiger partial charge in [-0.3, -0.25) is 4.79 Å². The number of benzene rings is 2. The third kappa shape index (κ3) is 4.12. The summed E-state index contributed by atoms with van der Waals surface area (Å²) >= 11 is 1.47. The van der Waals surface area contributed by atoms with Gasteiger partial charge in [0.15, 0.2) is 0 Å². The number of amides is 1. The lowest BCUT2D eigenvalue weighted by atomic mass is 10.1. The van der Waals surface area contributed by atoms with Gasteiger partial charge in [-0.1, -0.05) is 30.3 Å². The first-order valence-electron chi connectivity index (χ1n) is 9.06. The van der Waals surface area contributed by atoms with Crippen LogP contribution in [0.15, 0.2) is 71.2 Å². The quantitative estimate of drug-likeness (QED) is 0.494. The number of para-hydroxylation sites is 2. The first-order valence-corrected chi connectivity index (χ1v) is 11.8. The van der Waals surface area contributed by atoms with Crippen molar-refractivity contribution in [2.75, 3.05) is 6.26 Å². The summed E-state index contributed by atoms with van der Waals surface area (Å²) in [4.78, 5) is 18.0. The van der Waals surface area contributed by atoms with Gasteiger partial charge in [-0.05, 0) is 41.3 Å². The molecule has 0 saturated heterocycles. The zero-order chi connectivity index (χ0) is 21.3. The fraction of sp³-hybridized carbons (Fsp3) is 0.143. The highest BCUT2D eigenvalue weighted by molar-refractivity contribution is 7.90.